The van der Waals surface area contributed by atoms with Crippen LogP contribution in [-0.2, 0) is 28.4 Å². The Labute approximate surface area is 168 Å². The fourth-order valence-corrected chi connectivity index (χ4v) is 2.60. The van der Waals surface area contributed by atoms with Crippen molar-refractivity contribution in [1.29, 1.82) is 0 Å². The van der Waals surface area contributed by atoms with Crippen LogP contribution in [0, 0.1) is 0 Å². The highest BCUT2D eigenvalue weighted by Gasteiger charge is 2.17. The van der Waals surface area contributed by atoms with E-state index in [9.17, 15) is 18.0 Å². The molecule has 0 heterocycles. The molecule has 156 valence electrons. The summed E-state index contributed by atoms with van der Waals surface area (Å²) < 4.78 is 42.2. The third kappa shape index (κ3) is 7.78. The fourth-order valence-electron chi connectivity index (χ4n) is 2.03. The highest BCUT2D eigenvalue weighted by Crippen LogP contribution is 2.16. The highest BCUT2D eigenvalue weighted by molar-refractivity contribution is 7.81. The van der Waals surface area contributed by atoms with E-state index < -0.39 is 35.4 Å². The van der Waals surface area contributed by atoms with Crippen LogP contribution in [0.2, 0.25) is 0 Å². The van der Waals surface area contributed by atoms with Gasteiger partial charge in [0.15, 0.2) is 0 Å². The van der Waals surface area contributed by atoms with Gasteiger partial charge in [-0.1, -0.05) is 0 Å². The van der Waals surface area contributed by atoms with Crippen molar-refractivity contribution in [2.24, 2.45) is 0 Å². The molecule has 2 aromatic carbocycles. The quantitative estimate of drug-likeness (QED) is 0.588. The van der Waals surface area contributed by atoms with E-state index in [4.69, 9.17) is 9.47 Å². The summed E-state index contributed by atoms with van der Waals surface area (Å²) >= 11 is 0. The van der Waals surface area contributed by atoms with Crippen LogP contribution >= 0.6 is 0 Å². The minimum absolute atomic E-state index is 0.427. The maximum absolute atomic E-state index is 11.8. The van der Waals surface area contributed by atoms with Crippen LogP contribution in [-0.4, -0.2) is 47.7 Å². The van der Waals surface area contributed by atoms with Crippen molar-refractivity contribution >= 4 is 33.6 Å². The number of hydrogen-bond donors (Lipinski definition) is 2. The Hall–Kier alpha value is -3.15. The zero-order chi connectivity index (χ0) is 21.3. The van der Waals surface area contributed by atoms with E-state index in [1.165, 1.54) is 14.2 Å². The number of carbonyl (C=O) groups excluding carboxylic acids is 2. The van der Waals surface area contributed by atoms with Crippen LogP contribution in [0.3, 0.4) is 0 Å². The standard InChI is InChI=1S/C18H20N2O8S/c1-25-15-7-3-13(4-8-15)19-17(21)11-27-29(23,24)28-12-18(22)20-14-5-9-16(26-2)10-6-14/h3-10H,11-12H2,1-2H3,(H,19,21)(H,20,22). The number of amides is 2. The lowest BCUT2D eigenvalue weighted by molar-refractivity contribution is -0.118. The van der Waals surface area contributed by atoms with Crippen molar-refractivity contribution < 1.29 is 35.8 Å². The highest BCUT2D eigenvalue weighted by atomic mass is 32.3. The van der Waals surface area contributed by atoms with Crippen molar-refractivity contribution in [3.63, 3.8) is 0 Å². The number of anilines is 2. The Morgan fingerprint density at radius 3 is 1.38 bits per heavy atom. The van der Waals surface area contributed by atoms with Crippen molar-refractivity contribution in [2.75, 3.05) is 38.1 Å². The molecule has 0 aromatic heterocycles. The minimum atomic E-state index is -4.54. The van der Waals surface area contributed by atoms with Crippen LogP contribution in [0.1, 0.15) is 0 Å². The van der Waals surface area contributed by atoms with Crippen molar-refractivity contribution in [2.45, 2.75) is 0 Å². The zero-order valence-corrected chi connectivity index (χ0v) is 16.5. The Morgan fingerprint density at radius 2 is 1.07 bits per heavy atom. The third-order valence-corrected chi connectivity index (χ3v) is 4.23. The molecule has 0 aliphatic rings. The summed E-state index contributed by atoms with van der Waals surface area (Å²) in [6.07, 6.45) is 0. The molecule has 11 heteroatoms. The van der Waals surface area contributed by atoms with Crippen LogP contribution in [0.4, 0.5) is 11.4 Å². The molecule has 2 N–H and O–H groups in total. The van der Waals surface area contributed by atoms with E-state index in [1.807, 2.05) is 0 Å². The lowest BCUT2D eigenvalue weighted by Gasteiger charge is -2.08. The first-order valence-electron chi connectivity index (χ1n) is 8.23. The van der Waals surface area contributed by atoms with E-state index in [1.54, 1.807) is 48.5 Å². The molecule has 10 nitrogen and oxygen atoms in total. The van der Waals surface area contributed by atoms with Gasteiger partial charge in [-0.3, -0.25) is 9.59 Å². The van der Waals surface area contributed by atoms with Gasteiger partial charge in [-0.2, -0.15) is 8.42 Å². The fraction of sp³-hybridized carbons (Fsp3) is 0.222. The average Bonchev–Trinajstić information content (AvgIpc) is 2.72. The van der Waals surface area contributed by atoms with E-state index in [2.05, 4.69) is 19.0 Å². The van der Waals surface area contributed by atoms with Crippen LogP contribution in [0.25, 0.3) is 0 Å². The van der Waals surface area contributed by atoms with Gasteiger partial charge in [0, 0.05) is 11.4 Å². The molecule has 0 unspecified atom stereocenters. The summed E-state index contributed by atoms with van der Waals surface area (Å²) in [5.41, 5.74) is 0.855. The second-order valence-corrected chi connectivity index (χ2v) is 6.77. The molecule has 29 heavy (non-hydrogen) atoms. The predicted molar refractivity (Wildman–Crippen MR) is 104 cm³/mol. The molecule has 2 aromatic rings. The summed E-state index contributed by atoms with van der Waals surface area (Å²) in [5, 5.41) is 4.89. The van der Waals surface area contributed by atoms with Gasteiger partial charge in [-0.05, 0) is 48.5 Å². The largest absolute Gasteiger partial charge is 0.497 e. The first-order valence-corrected chi connectivity index (χ1v) is 9.56. The number of hydrogen-bond acceptors (Lipinski definition) is 8. The van der Waals surface area contributed by atoms with Gasteiger partial charge < -0.3 is 20.1 Å². The predicted octanol–water partition coefficient (Wildman–Crippen LogP) is 1.56. The van der Waals surface area contributed by atoms with Crippen molar-refractivity contribution in [3.8, 4) is 11.5 Å². The molecule has 0 aliphatic carbocycles. The molecular formula is C18H20N2O8S. The number of benzene rings is 2. The normalized spacial score (nSPS) is 10.8. The molecule has 2 rings (SSSR count). The summed E-state index contributed by atoms with van der Waals surface area (Å²) in [6, 6.07) is 12.8. The zero-order valence-electron chi connectivity index (χ0n) is 15.7. The molecule has 0 saturated heterocycles. The second kappa shape index (κ2) is 10.4. The first-order chi connectivity index (χ1) is 13.8. The topological polar surface area (TPSA) is 129 Å². The van der Waals surface area contributed by atoms with Crippen molar-refractivity contribution in [3.05, 3.63) is 48.5 Å². The number of methoxy groups -OCH3 is 2. The first kappa shape index (κ1) is 22.1. The van der Waals surface area contributed by atoms with Gasteiger partial charge in [0.25, 0.3) is 11.8 Å². The van der Waals surface area contributed by atoms with Gasteiger partial charge in [0.1, 0.15) is 24.7 Å². The molecule has 0 saturated carbocycles. The Balaban J connectivity index is 1.75. The molecule has 0 bridgehead atoms. The molecule has 0 fully saturated rings. The SMILES string of the molecule is COc1ccc(NC(=O)COS(=O)(=O)OCC(=O)Nc2ccc(OC)cc2)cc1. The van der Waals surface area contributed by atoms with Crippen LogP contribution in [0.5, 0.6) is 11.5 Å². The van der Waals surface area contributed by atoms with Crippen molar-refractivity contribution in [1.82, 2.24) is 0 Å². The van der Waals surface area contributed by atoms with Crippen LogP contribution in [0.15, 0.2) is 48.5 Å². The number of nitrogens with one attached hydrogen (secondary N) is 2. The summed E-state index contributed by atoms with van der Waals surface area (Å²) in [5.74, 6) is -0.235. The van der Waals surface area contributed by atoms with E-state index >= 15 is 0 Å². The van der Waals surface area contributed by atoms with E-state index in [-0.39, 0.29) is 0 Å². The van der Waals surface area contributed by atoms with Gasteiger partial charge in [0.05, 0.1) is 14.2 Å². The second-order valence-electron chi connectivity index (χ2n) is 5.49. The molecule has 0 aliphatic heterocycles. The lowest BCUT2D eigenvalue weighted by Crippen LogP contribution is -2.25. The number of ether oxygens (including phenoxy) is 2. The third-order valence-electron chi connectivity index (χ3n) is 3.42. The smallest absolute Gasteiger partial charge is 0.400 e. The van der Waals surface area contributed by atoms with Crippen LogP contribution < -0.4 is 20.1 Å². The monoisotopic (exact) mass is 424 g/mol. The van der Waals surface area contributed by atoms with E-state index in [0.29, 0.717) is 22.9 Å². The van der Waals surface area contributed by atoms with Gasteiger partial charge >= 0.3 is 10.4 Å². The maximum atomic E-state index is 11.8. The van der Waals surface area contributed by atoms with Gasteiger partial charge in [0.2, 0.25) is 0 Å². The minimum Gasteiger partial charge on any atom is -0.497 e. The van der Waals surface area contributed by atoms with E-state index in [0.717, 1.165) is 0 Å². The summed E-state index contributed by atoms with van der Waals surface area (Å²) in [4.78, 5) is 23.5. The lowest BCUT2D eigenvalue weighted by atomic mass is 10.3. The molecule has 0 spiro atoms. The number of rotatable bonds is 10. The number of carbonyl (C=O) groups is 2. The Morgan fingerprint density at radius 1 is 0.724 bits per heavy atom. The van der Waals surface area contributed by atoms with Gasteiger partial charge in [-0.25, -0.2) is 8.37 Å². The average molecular weight is 424 g/mol. The van der Waals surface area contributed by atoms with Gasteiger partial charge in [-0.15, -0.1) is 0 Å². The molecule has 2 amide bonds. The molecular weight excluding hydrogens is 404 g/mol. The molecule has 0 radical (unpaired) electrons. The summed E-state index contributed by atoms with van der Waals surface area (Å²) in [6.45, 7) is -1.62. The molecule has 0 atom stereocenters. The maximum Gasteiger partial charge on any atom is 0.400 e. The Bertz CT molecular complexity index is 856. The summed E-state index contributed by atoms with van der Waals surface area (Å²) in [7, 11) is -1.53. The Kier molecular flexibility index (Phi) is 7.95.